The molecule has 2 aliphatic heterocycles. The molecule has 1 unspecified atom stereocenters. The molecule has 1 aromatic rings. The Morgan fingerprint density at radius 2 is 1.67 bits per heavy atom. The number of carbonyl (C=O) groups excluding carboxylic acids is 1. The fourth-order valence-corrected chi connectivity index (χ4v) is 3.53. The van der Waals surface area contributed by atoms with Crippen molar-refractivity contribution in [3.8, 4) is 0 Å². The Labute approximate surface area is 172 Å². The Balaban J connectivity index is 0.00000182. The van der Waals surface area contributed by atoms with E-state index in [2.05, 4.69) is 27.7 Å². The molecule has 1 aromatic carbocycles. The van der Waals surface area contributed by atoms with E-state index in [1.54, 1.807) is 0 Å². The van der Waals surface area contributed by atoms with Gasteiger partial charge in [-0.15, -0.1) is 24.8 Å². The third kappa shape index (κ3) is 7.53. The van der Waals surface area contributed by atoms with Crippen LogP contribution in [0.1, 0.15) is 43.2 Å². The Hall–Kier alpha value is -0.950. The summed E-state index contributed by atoms with van der Waals surface area (Å²) in [6.07, 6.45) is 4.79. The average molecular weight is 424 g/mol. The van der Waals surface area contributed by atoms with Gasteiger partial charge >= 0.3 is 0 Å². The zero-order valence-electron chi connectivity index (χ0n) is 15.4. The van der Waals surface area contributed by atoms with Crippen LogP contribution in [0.15, 0.2) is 24.3 Å². The van der Waals surface area contributed by atoms with Gasteiger partial charge in [-0.1, -0.05) is 37.1 Å². The molecule has 2 N–H and O–H groups in total. The first-order valence-electron chi connectivity index (χ1n) is 9.21. The molecule has 154 valence electrons. The van der Waals surface area contributed by atoms with Gasteiger partial charge in [-0.25, -0.2) is 8.78 Å². The molecule has 1 amide bonds. The number of benzene rings is 1. The maximum absolute atomic E-state index is 13.1. The number of halogens is 4. The molecule has 2 heterocycles. The van der Waals surface area contributed by atoms with E-state index in [4.69, 9.17) is 0 Å². The summed E-state index contributed by atoms with van der Waals surface area (Å²) in [7, 11) is 0. The van der Waals surface area contributed by atoms with Gasteiger partial charge in [-0.2, -0.15) is 0 Å². The van der Waals surface area contributed by atoms with Gasteiger partial charge in [0.2, 0.25) is 5.91 Å². The highest BCUT2D eigenvalue weighted by Gasteiger charge is 2.42. The highest BCUT2D eigenvalue weighted by atomic mass is 35.5. The SMILES string of the molecule is Cl.Cl.O=C(NCc1ccc(CN2CCCCCC2)cc1)C1CC(F)(F)CN1. The van der Waals surface area contributed by atoms with Gasteiger partial charge in [0.15, 0.2) is 0 Å². The molecule has 0 aromatic heterocycles. The summed E-state index contributed by atoms with van der Waals surface area (Å²) in [6.45, 7) is 3.24. The second-order valence-electron chi connectivity index (χ2n) is 7.22. The minimum atomic E-state index is -2.78. The normalized spacial score (nSPS) is 22.2. The lowest BCUT2D eigenvalue weighted by Gasteiger charge is -2.19. The molecule has 2 saturated heterocycles. The monoisotopic (exact) mass is 423 g/mol. The van der Waals surface area contributed by atoms with Gasteiger partial charge in [-0.3, -0.25) is 15.0 Å². The van der Waals surface area contributed by atoms with Crippen LogP contribution in [0.25, 0.3) is 0 Å². The van der Waals surface area contributed by atoms with Crippen LogP contribution in [0.4, 0.5) is 8.78 Å². The Kier molecular flexibility index (Phi) is 9.95. The lowest BCUT2D eigenvalue weighted by atomic mass is 10.1. The molecule has 4 nitrogen and oxygen atoms in total. The van der Waals surface area contributed by atoms with Crippen molar-refractivity contribution in [1.82, 2.24) is 15.5 Å². The zero-order chi connectivity index (χ0) is 17.7. The molecule has 0 radical (unpaired) electrons. The molecule has 0 bridgehead atoms. The van der Waals surface area contributed by atoms with Crippen molar-refractivity contribution in [2.45, 2.75) is 57.2 Å². The smallest absolute Gasteiger partial charge is 0.262 e. The summed E-state index contributed by atoms with van der Waals surface area (Å²) in [5, 5.41) is 5.32. The number of amides is 1. The van der Waals surface area contributed by atoms with Crippen molar-refractivity contribution in [2.24, 2.45) is 0 Å². The molecule has 0 saturated carbocycles. The van der Waals surface area contributed by atoms with Crippen molar-refractivity contribution >= 4 is 30.7 Å². The van der Waals surface area contributed by atoms with Gasteiger partial charge in [0.05, 0.1) is 12.6 Å². The molecular formula is C19H29Cl2F2N3O. The minimum absolute atomic E-state index is 0. The maximum atomic E-state index is 13.1. The molecule has 0 spiro atoms. The highest BCUT2D eigenvalue weighted by Crippen LogP contribution is 2.25. The van der Waals surface area contributed by atoms with Crippen LogP contribution in [0.5, 0.6) is 0 Å². The topological polar surface area (TPSA) is 44.4 Å². The number of rotatable bonds is 5. The summed E-state index contributed by atoms with van der Waals surface area (Å²) in [4.78, 5) is 14.5. The summed E-state index contributed by atoms with van der Waals surface area (Å²) in [5.41, 5.74) is 2.26. The van der Waals surface area contributed by atoms with E-state index >= 15 is 0 Å². The average Bonchev–Trinajstić information content (AvgIpc) is 2.80. The van der Waals surface area contributed by atoms with Crippen molar-refractivity contribution in [2.75, 3.05) is 19.6 Å². The molecule has 2 fully saturated rings. The number of likely N-dealkylation sites (tertiary alicyclic amines) is 1. The highest BCUT2D eigenvalue weighted by molar-refractivity contribution is 5.85. The number of carbonyl (C=O) groups is 1. The first kappa shape index (κ1) is 24.1. The number of hydrogen-bond acceptors (Lipinski definition) is 3. The quantitative estimate of drug-likeness (QED) is 0.761. The van der Waals surface area contributed by atoms with E-state index in [-0.39, 0.29) is 30.7 Å². The van der Waals surface area contributed by atoms with E-state index in [0.29, 0.717) is 6.54 Å². The first-order chi connectivity index (χ1) is 12.0. The van der Waals surface area contributed by atoms with E-state index in [1.807, 2.05) is 12.1 Å². The third-order valence-electron chi connectivity index (χ3n) is 5.02. The molecule has 0 aliphatic carbocycles. The fourth-order valence-electron chi connectivity index (χ4n) is 3.53. The van der Waals surface area contributed by atoms with Gasteiger partial charge in [-0.05, 0) is 37.1 Å². The van der Waals surface area contributed by atoms with Crippen LogP contribution in [-0.4, -0.2) is 42.4 Å². The molecule has 8 heteroatoms. The lowest BCUT2D eigenvalue weighted by molar-refractivity contribution is -0.123. The number of nitrogens with zero attached hydrogens (tertiary/aromatic N) is 1. The third-order valence-corrected chi connectivity index (χ3v) is 5.02. The summed E-state index contributed by atoms with van der Waals surface area (Å²) in [6, 6.07) is 7.40. The lowest BCUT2D eigenvalue weighted by Crippen LogP contribution is -2.40. The van der Waals surface area contributed by atoms with Gasteiger partial charge < -0.3 is 5.32 Å². The van der Waals surface area contributed by atoms with Crippen molar-refractivity contribution in [3.63, 3.8) is 0 Å². The molecule has 27 heavy (non-hydrogen) atoms. The maximum Gasteiger partial charge on any atom is 0.262 e. The van der Waals surface area contributed by atoms with E-state index in [9.17, 15) is 13.6 Å². The van der Waals surface area contributed by atoms with Crippen LogP contribution < -0.4 is 10.6 Å². The predicted molar refractivity (Wildman–Crippen MR) is 108 cm³/mol. The van der Waals surface area contributed by atoms with Crippen molar-refractivity contribution in [1.29, 1.82) is 0 Å². The molecule has 3 rings (SSSR count). The van der Waals surface area contributed by atoms with E-state index < -0.39 is 24.9 Å². The van der Waals surface area contributed by atoms with Gasteiger partial charge in [0.1, 0.15) is 0 Å². The number of nitrogens with one attached hydrogen (secondary N) is 2. The summed E-state index contributed by atoms with van der Waals surface area (Å²) >= 11 is 0. The van der Waals surface area contributed by atoms with E-state index in [1.165, 1.54) is 31.2 Å². The Bertz CT molecular complexity index is 579. The first-order valence-corrected chi connectivity index (χ1v) is 9.21. The fraction of sp³-hybridized carbons (Fsp3) is 0.632. The van der Waals surface area contributed by atoms with Crippen LogP contribution in [0.2, 0.25) is 0 Å². The molecular weight excluding hydrogens is 395 g/mol. The van der Waals surface area contributed by atoms with Gasteiger partial charge in [0.25, 0.3) is 5.92 Å². The largest absolute Gasteiger partial charge is 0.351 e. The predicted octanol–water partition coefficient (Wildman–Crippen LogP) is 3.52. The number of hydrogen-bond donors (Lipinski definition) is 2. The van der Waals surface area contributed by atoms with Gasteiger partial charge in [0, 0.05) is 19.5 Å². The zero-order valence-corrected chi connectivity index (χ0v) is 17.0. The second kappa shape index (κ2) is 11.1. The van der Waals surface area contributed by atoms with Crippen LogP contribution >= 0.6 is 24.8 Å². The van der Waals surface area contributed by atoms with E-state index in [0.717, 1.165) is 25.2 Å². The van der Waals surface area contributed by atoms with Crippen molar-refractivity contribution in [3.05, 3.63) is 35.4 Å². The van der Waals surface area contributed by atoms with Crippen LogP contribution in [0, 0.1) is 0 Å². The molecule has 2 aliphatic rings. The van der Waals surface area contributed by atoms with Crippen molar-refractivity contribution < 1.29 is 13.6 Å². The summed E-state index contributed by atoms with van der Waals surface area (Å²) in [5.74, 6) is -3.14. The van der Waals surface area contributed by atoms with Crippen LogP contribution in [0.3, 0.4) is 0 Å². The van der Waals surface area contributed by atoms with Crippen LogP contribution in [-0.2, 0) is 17.9 Å². The Morgan fingerprint density at radius 1 is 1.07 bits per heavy atom. The standard InChI is InChI=1S/C19H27F2N3O.2ClH/c20-19(21)11-17(23-14-19)18(25)22-12-15-5-7-16(8-6-15)13-24-9-3-1-2-4-10-24;;/h5-8,17,23H,1-4,9-14H2,(H,22,25);2*1H. The minimum Gasteiger partial charge on any atom is -0.351 e. The summed E-state index contributed by atoms with van der Waals surface area (Å²) < 4.78 is 26.3. The number of alkyl halides is 2. The Morgan fingerprint density at radius 3 is 2.22 bits per heavy atom. The second-order valence-corrected chi connectivity index (χ2v) is 7.22. The molecule has 1 atom stereocenters.